The number of aromatic nitrogens is 1. The highest BCUT2D eigenvalue weighted by atomic mass is 127. The van der Waals surface area contributed by atoms with Crippen molar-refractivity contribution in [2.75, 3.05) is 0 Å². The summed E-state index contributed by atoms with van der Waals surface area (Å²) in [4.78, 5) is 11.6. The second-order valence-corrected chi connectivity index (χ2v) is 10.8. The standard InChI is InChI=1S/C33H29IN2O2/c1-21-23(3)36(20-25-8-12-26(13-9-25)29-6-4-5-7-30(29)33(37)38)32-17-14-27(18-31(21)32)22(2)35-19-24-10-15-28(34)16-11-24/h4-18,35H,2,19-20H2,1,3H3,(H,37,38). The number of fused-ring (bicyclic) bond motifs is 1. The number of hydrogen-bond acceptors (Lipinski definition) is 2. The van der Waals surface area contributed by atoms with Crippen LogP contribution in [0.25, 0.3) is 27.7 Å². The highest BCUT2D eigenvalue weighted by molar-refractivity contribution is 14.1. The first kappa shape index (κ1) is 25.8. The van der Waals surface area contributed by atoms with Crippen molar-refractivity contribution < 1.29 is 9.90 Å². The molecule has 190 valence electrons. The van der Waals surface area contributed by atoms with Gasteiger partial charge in [-0.05, 0) is 100 Å². The number of benzene rings is 4. The van der Waals surface area contributed by atoms with Crippen molar-refractivity contribution >= 4 is 45.2 Å². The van der Waals surface area contributed by atoms with E-state index in [-0.39, 0.29) is 0 Å². The number of hydrogen-bond donors (Lipinski definition) is 2. The molecule has 0 aliphatic rings. The van der Waals surface area contributed by atoms with Crippen molar-refractivity contribution in [3.05, 3.63) is 135 Å². The molecule has 5 rings (SSSR count). The van der Waals surface area contributed by atoms with Crippen LogP contribution in [0.5, 0.6) is 0 Å². The van der Waals surface area contributed by atoms with Crippen LogP contribution in [0.2, 0.25) is 0 Å². The van der Waals surface area contributed by atoms with Gasteiger partial charge < -0.3 is 15.0 Å². The molecule has 1 heterocycles. The third-order valence-electron chi connectivity index (χ3n) is 7.17. The van der Waals surface area contributed by atoms with E-state index in [4.69, 9.17) is 0 Å². The Morgan fingerprint density at radius 1 is 0.921 bits per heavy atom. The van der Waals surface area contributed by atoms with E-state index in [1.165, 1.54) is 31.3 Å². The first-order valence-electron chi connectivity index (χ1n) is 12.5. The van der Waals surface area contributed by atoms with Crippen molar-refractivity contribution in [1.29, 1.82) is 0 Å². The van der Waals surface area contributed by atoms with Crippen LogP contribution in [0.15, 0.2) is 97.6 Å². The molecule has 4 aromatic carbocycles. The fraction of sp³-hybridized carbons (Fsp3) is 0.121. The Morgan fingerprint density at radius 2 is 1.61 bits per heavy atom. The van der Waals surface area contributed by atoms with Gasteiger partial charge >= 0.3 is 5.97 Å². The van der Waals surface area contributed by atoms with Crippen molar-refractivity contribution in [2.24, 2.45) is 0 Å². The van der Waals surface area contributed by atoms with Gasteiger partial charge in [0.05, 0.1) is 5.56 Å². The minimum absolute atomic E-state index is 0.313. The van der Waals surface area contributed by atoms with Crippen LogP contribution in [0.1, 0.15) is 38.3 Å². The van der Waals surface area contributed by atoms with Gasteiger partial charge in [-0.1, -0.05) is 67.2 Å². The summed E-state index contributed by atoms with van der Waals surface area (Å²) in [7, 11) is 0. The zero-order chi connectivity index (χ0) is 26.8. The van der Waals surface area contributed by atoms with Gasteiger partial charge in [-0.3, -0.25) is 0 Å². The van der Waals surface area contributed by atoms with E-state index >= 15 is 0 Å². The van der Waals surface area contributed by atoms with Crippen LogP contribution >= 0.6 is 22.6 Å². The van der Waals surface area contributed by atoms with Crippen molar-refractivity contribution in [3.8, 4) is 11.1 Å². The molecule has 0 fully saturated rings. The largest absolute Gasteiger partial charge is 0.478 e. The number of carboxylic acid groups (broad SMARTS) is 1. The van der Waals surface area contributed by atoms with E-state index in [1.54, 1.807) is 12.1 Å². The van der Waals surface area contributed by atoms with E-state index in [0.717, 1.165) is 41.0 Å². The van der Waals surface area contributed by atoms with Gasteiger partial charge in [0.25, 0.3) is 0 Å². The summed E-state index contributed by atoms with van der Waals surface area (Å²) >= 11 is 2.32. The van der Waals surface area contributed by atoms with Gasteiger partial charge in [0, 0.05) is 39.0 Å². The number of aromatic carboxylic acids is 1. The minimum Gasteiger partial charge on any atom is -0.478 e. The summed E-state index contributed by atoms with van der Waals surface area (Å²) in [6.45, 7) is 10.1. The van der Waals surface area contributed by atoms with E-state index in [2.05, 4.69) is 107 Å². The molecule has 0 bridgehead atoms. The molecule has 5 aromatic rings. The van der Waals surface area contributed by atoms with Crippen LogP contribution in [-0.4, -0.2) is 15.6 Å². The van der Waals surface area contributed by atoms with Crippen LogP contribution in [0.4, 0.5) is 0 Å². The molecule has 5 heteroatoms. The zero-order valence-corrected chi connectivity index (χ0v) is 23.6. The molecule has 0 unspecified atom stereocenters. The lowest BCUT2D eigenvalue weighted by Crippen LogP contribution is -2.10. The number of nitrogens with zero attached hydrogens (tertiary/aromatic N) is 1. The van der Waals surface area contributed by atoms with Gasteiger partial charge in [0.1, 0.15) is 0 Å². The van der Waals surface area contributed by atoms with Crippen LogP contribution in [-0.2, 0) is 13.1 Å². The minimum atomic E-state index is -0.915. The summed E-state index contributed by atoms with van der Waals surface area (Å²) in [5.41, 5.74) is 10.0. The molecular weight excluding hydrogens is 583 g/mol. The van der Waals surface area contributed by atoms with Gasteiger partial charge in [-0.15, -0.1) is 0 Å². The second kappa shape index (κ2) is 10.9. The monoisotopic (exact) mass is 612 g/mol. The predicted octanol–water partition coefficient (Wildman–Crippen LogP) is 8.04. The van der Waals surface area contributed by atoms with Gasteiger partial charge in [0.2, 0.25) is 0 Å². The van der Waals surface area contributed by atoms with Gasteiger partial charge in [0.15, 0.2) is 0 Å². The predicted molar refractivity (Wildman–Crippen MR) is 164 cm³/mol. The third kappa shape index (κ3) is 5.24. The second-order valence-electron chi connectivity index (χ2n) is 9.53. The summed E-state index contributed by atoms with van der Waals surface area (Å²) in [5.74, 6) is -0.915. The molecule has 2 N–H and O–H groups in total. The highest BCUT2D eigenvalue weighted by Crippen LogP contribution is 2.30. The number of carboxylic acids is 1. The molecule has 38 heavy (non-hydrogen) atoms. The molecule has 0 spiro atoms. The molecule has 0 aliphatic heterocycles. The first-order chi connectivity index (χ1) is 18.3. The van der Waals surface area contributed by atoms with Gasteiger partial charge in [-0.2, -0.15) is 0 Å². The molecule has 0 atom stereocenters. The Balaban J connectivity index is 1.37. The topological polar surface area (TPSA) is 54.3 Å². The lowest BCUT2D eigenvalue weighted by molar-refractivity contribution is 0.0697. The first-order valence-corrected chi connectivity index (χ1v) is 13.6. The van der Waals surface area contributed by atoms with E-state index in [9.17, 15) is 9.90 Å². The maximum Gasteiger partial charge on any atom is 0.336 e. The average Bonchev–Trinajstić information content (AvgIpc) is 3.17. The van der Waals surface area contributed by atoms with E-state index in [1.807, 2.05) is 24.3 Å². The Bertz CT molecular complexity index is 1650. The van der Waals surface area contributed by atoms with Gasteiger partial charge in [-0.25, -0.2) is 4.79 Å². The average molecular weight is 613 g/mol. The van der Waals surface area contributed by atoms with Crippen LogP contribution in [0.3, 0.4) is 0 Å². The number of carbonyl (C=O) groups is 1. The Hall–Kier alpha value is -3.84. The molecule has 0 radical (unpaired) electrons. The Labute approximate surface area is 236 Å². The lowest BCUT2D eigenvalue weighted by atomic mass is 9.99. The Kier molecular flexibility index (Phi) is 7.38. The van der Waals surface area contributed by atoms with Crippen molar-refractivity contribution in [3.63, 3.8) is 0 Å². The molecule has 4 nitrogen and oxygen atoms in total. The van der Waals surface area contributed by atoms with E-state index in [0.29, 0.717) is 5.56 Å². The van der Waals surface area contributed by atoms with Crippen LogP contribution in [0, 0.1) is 17.4 Å². The lowest BCUT2D eigenvalue weighted by Gasteiger charge is -2.12. The Morgan fingerprint density at radius 3 is 2.32 bits per heavy atom. The molecule has 0 saturated carbocycles. The maximum atomic E-state index is 11.6. The summed E-state index contributed by atoms with van der Waals surface area (Å²) in [6, 6.07) is 30.3. The molecule has 0 aliphatic carbocycles. The highest BCUT2D eigenvalue weighted by Gasteiger charge is 2.14. The smallest absolute Gasteiger partial charge is 0.336 e. The molecule has 0 saturated heterocycles. The number of aryl methyl sites for hydroxylation is 1. The van der Waals surface area contributed by atoms with E-state index < -0.39 is 5.97 Å². The summed E-state index contributed by atoms with van der Waals surface area (Å²) in [6.07, 6.45) is 0. The van der Waals surface area contributed by atoms with Crippen LogP contribution < -0.4 is 5.32 Å². The number of nitrogens with one attached hydrogen (secondary N) is 1. The number of halogens is 1. The summed E-state index contributed by atoms with van der Waals surface area (Å²) < 4.78 is 3.57. The zero-order valence-electron chi connectivity index (χ0n) is 21.5. The van der Waals surface area contributed by atoms with Crippen molar-refractivity contribution in [2.45, 2.75) is 26.9 Å². The quantitative estimate of drug-likeness (QED) is 0.175. The third-order valence-corrected chi connectivity index (χ3v) is 7.89. The maximum absolute atomic E-state index is 11.6. The fourth-order valence-corrected chi connectivity index (χ4v) is 5.21. The molecule has 1 aromatic heterocycles. The SMILES string of the molecule is C=C(NCc1ccc(I)cc1)c1ccc2c(c1)c(C)c(C)n2Cc1ccc(-c2ccccc2C(=O)O)cc1. The number of rotatable bonds is 8. The normalized spacial score (nSPS) is 11.0. The molecular formula is C33H29IN2O2. The fourth-order valence-electron chi connectivity index (χ4n) is 4.85. The van der Waals surface area contributed by atoms with Crippen molar-refractivity contribution in [1.82, 2.24) is 9.88 Å². The molecule has 0 amide bonds. The summed E-state index contributed by atoms with van der Waals surface area (Å²) in [5, 5.41) is 14.2.